The first kappa shape index (κ1) is 20.3. The molecule has 0 radical (unpaired) electrons. The Balaban J connectivity index is 1.63. The van der Waals surface area contributed by atoms with Crippen molar-refractivity contribution in [1.82, 2.24) is 15.5 Å². The first-order valence-electron chi connectivity index (χ1n) is 9.67. The molecule has 0 aliphatic carbocycles. The van der Waals surface area contributed by atoms with Crippen molar-refractivity contribution in [2.75, 3.05) is 18.4 Å². The van der Waals surface area contributed by atoms with E-state index in [0.29, 0.717) is 29.7 Å². The third-order valence-corrected chi connectivity index (χ3v) is 4.51. The second-order valence-corrected chi connectivity index (χ2v) is 6.64. The molecule has 0 aliphatic rings. The van der Waals surface area contributed by atoms with Crippen molar-refractivity contribution in [3.63, 3.8) is 0 Å². The van der Waals surface area contributed by atoms with Gasteiger partial charge >= 0.3 is 0 Å². The van der Waals surface area contributed by atoms with E-state index in [9.17, 15) is 9.59 Å². The Hall–Kier alpha value is -3.43. The summed E-state index contributed by atoms with van der Waals surface area (Å²) in [6.07, 6.45) is 2.20. The van der Waals surface area contributed by atoms with E-state index in [1.165, 1.54) is 0 Å². The van der Waals surface area contributed by atoms with E-state index in [1.54, 1.807) is 6.07 Å². The standard InChI is InChI=1S/C23H24N4O2/c1-2-3-14-24-15-7-6-13-21(28)25-18-10-8-9-17(16-18)22-19-11-4-5-12-20(19)23(29)27-26-22/h4-5,8-12,16,24H,6-7,13-15H2,1H3,(H,25,28)(H,27,29). The molecule has 1 amide bonds. The summed E-state index contributed by atoms with van der Waals surface area (Å²) in [5.41, 5.74) is 2.00. The van der Waals surface area contributed by atoms with Crippen molar-refractivity contribution in [2.45, 2.75) is 26.2 Å². The summed E-state index contributed by atoms with van der Waals surface area (Å²) in [6.45, 7) is 3.35. The molecule has 0 atom stereocenters. The van der Waals surface area contributed by atoms with Crippen molar-refractivity contribution in [2.24, 2.45) is 0 Å². The number of nitrogens with one attached hydrogen (secondary N) is 3. The molecule has 1 aromatic heterocycles. The van der Waals surface area contributed by atoms with E-state index in [1.807, 2.05) is 49.4 Å². The number of aromatic amines is 1. The van der Waals surface area contributed by atoms with Crippen LogP contribution in [0, 0.1) is 11.8 Å². The zero-order valence-electron chi connectivity index (χ0n) is 16.4. The fraction of sp³-hybridized carbons (Fsp3) is 0.261. The molecule has 2 aromatic carbocycles. The highest BCUT2D eigenvalue weighted by Crippen LogP contribution is 2.26. The lowest BCUT2D eigenvalue weighted by Crippen LogP contribution is -2.16. The first-order valence-corrected chi connectivity index (χ1v) is 9.67. The van der Waals surface area contributed by atoms with Gasteiger partial charge in [-0.3, -0.25) is 9.59 Å². The van der Waals surface area contributed by atoms with E-state index in [0.717, 1.165) is 30.3 Å². The van der Waals surface area contributed by atoms with Crippen LogP contribution in [0.2, 0.25) is 0 Å². The van der Waals surface area contributed by atoms with Crippen LogP contribution in [-0.4, -0.2) is 29.2 Å². The van der Waals surface area contributed by atoms with Gasteiger partial charge in [-0.2, -0.15) is 5.10 Å². The van der Waals surface area contributed by atoms with E-state index < -0.39 is 0 Å². The van der Waals surface area contributed by atoms with Gasteiger partial charge in [-0.15, -0.1) is 5.92 Å². The lowest BCUT2D eigenvalue weighted by Gasteiger charge is -2.09. The molecule has 0 spiro atoms. The smallest absolute Gasteiger partial charge is 0.272 e. The molecule has 29 heavy (non-hydrogen) atoms. The normalized spacial score (nSPS) is 10.4. The van der Waals surface area contributed by atoms with Gasteiger partial charge < -0.3 is 10.6 Å². The number of anilines is 1. The maximum Gasteiger partial charge on any atom is 0.272 e. The molecule has 0 aliphatic heterocycles. The summed E-state index contributed by atoms with van der Waals surface area (Å²) in [7, 11) is 0. The number of H-pyrrole nitrogens is 1. The number of nitrogens with zero attached hydrogens (tertiary/aromatic N) is 1. The first-order chi connectivity index (χ1) is 14.2. The molecule has 3 aromatic rings. The van der Waals surface area contributed by atoms with E-state index in [4.69, 9.17) is 0 Å². The summed E-state index contributed by atoms with van der Waals surface area (Å²) in [4.78, 5) is 24.2. The number of benzene rings is 2. The van der Waals surface area contributed by atoms with Crippen LogP contribution in [0.3, 0.4) is 0 Å². The van der Waals surface area contributed by atoms with Gasteiger partial charge in [0.2, 0.25) is 5.91 Å². The molecule has 0 fully saturated rings. The molecule has 0 unspecified atom stereocenters. The largest absolute Gasteiger partial charge is 0.326 e. The van der Waals surface area contributed by atoms with Gasteiger partial charge in [0.15, 0.2) is 0 Å². The zero-order chi connectivity index (χ0) is 20.5. The number of hydrogen-bond acceptors (Lipinski definition) is 4. The summed E-state index contributed by atoms with van der Waals surface area (Å²) >= 11 is 0. The minimum absolute atomic E-state index is 0.0187. The van der Waals surface area contributed by atoms with Crippen LogP contribution in [0.5, 0.6) is 0 Å². The summed E-state index contributed by atoms with van der Waals surface area (Å²) < 4.78 is 0. The summed E-state index contributed by atoms with van der Waals surface area (Å²) in [5, 5.41) is 14.3. The number of carbonyl (C=O) groups excluding carboxylic acids is 1. The number of aromatic nitrogens is 2. The van der Waals surface area contributed by atoms with Crippen molar-refractivity contribution >= 4 is 22.4 Å². The van der Waals surface area contributed by atoms with Crippen LogP contribution in [0.4, 0.5) is 5.69 Å². The minimum Gasteiger partial charge on any atom is -0.326 e. The monoisotopic (exact) mass is 388 g/mol. The molecule has 1 heterocycles. The molecule has 3 rings (SSSR count). The topological polar surface area (TPSA) is 86.9 Å². The maximum atomic E-state index is 12.2. The fourth-order valence-corrected chi connectivity index (χ4v) is 3.08. The molecule has 3 N–H and O–H groups in total. The van der Waals surface area contributed by atoms with Gasteiger partial charge in [-0.25, -0.2) is 5.10 Å². The highest BCUT2D eigenvalue weighted by molar-refractivity contribution is 5.95. The van der Waals surface area contributed by atoms with Crippen molar-refractivity contribution in [3.8, 4) is 23.1 Å². The molecule has 0 saturated carbocycles. The number of amides is 1. The van der Waals surface area contributed by atoms with Crippen LogP contribution >= 0.6 is 0 Å². The summed E-state index contributed by atoms with van der Waals surface area (Å²) in [5.74, 6) is 5.76. The molecule has 0 bridgehead atoms. The number of rotatable bonds is 8. The van der Waals surface area contributed by atoms with Crippen LogP contribution in [0.15, 0.2) is 53.3 Å². The van der Waals surface area contributed by atoms with E-state index in [-0.39, 0.29) is 11.5 Å². The van der Waals surface area contributed by atoms with Crippen LogP contribution in [0.25, 0.3) is 22.0 Å². The van der Waals surface area contributed by atoms with Gasteiger partial charge in [-0.1, -0.05) is 36.3 Å². The predicted octanol–water partition coefficient (Wildman–Crippen LogP) is 3.31. The SMILES string of the molecule is CC#CCNCCCCC(=O)Nc1cccc(-c2n[nH]c(=O)c3ccccc23)c1. The third kappa shape index (κ3) is 5.53. The molecular weight excluding hydrogens is 364 g/mol. The lowest BCUT2D eigenvalue weighted by molar-refractivity contribution is -0.116. The average molecular weight is 388 g/mol. The second-order valence-electron chi connectivity index (χ2n) is 6.64. The number of carbonyl (C=O) groups is 1. The Morgan fingerprint density at radius 3 is 2.76 bits per heavy atom. The van der Waals surface area contributed by atoms with Gasteiger partial charge in [0.25, 0.3) is 5.56 Å². The molecule has 148 valence electrons. The van der Waals surface area contributed by atoms with Gasteiger partial charge in [0, 0.05) is 23.1 Å². The average Bonchev–Trinajstić information content (AvgIpc) is 2.74. The molecule has 6 heteroatoms. The van der Waals surface area contributed by atoms with Crippen molar-refractivity contribution in [3.05, 3.63) is 58.9 Å². The zero-order valence-corrected chi connectivity index (χ0v) is 16.4. The van der Waals surface area contributed by atoms with E-state index >= 15 is 0 Å². The van der Waals surface area contributed by atoms with Crippen LogP contribution in [-0.2, 0) is 4.79 Å². The number of hydrogen-bond donors (Lipinski definition) is 3. The molecular formula is C23H24N4O2. The van der Waals surface area contributed by atoms with Crippen LogP contribution < -0.4 is 16.2 Å². The van der Waals surface area contributed by atoms with Gasteiger partial charge in [0.05, 0.1) is 17.6 Å². The predicted molar refractivity (Wildman–Crippen MR) is 117 cm³/mol. The van der Waals surface area contributed by atoms with Crippen molar-refractivity contribution < 1.29 is 4.79 Å². The quantitative estimate of drug-likeness (QED) is 0.408. The Labute approximate surface area is 169 Å². The maximum absolute atomic E-state index is 12.2. The highest BCUT2D eigenvalue weighted by Gasteiger charge is 2.09. The minimum atomic E-state index is -0.218. The Morgan fingerprint density at radius 2 is 1.93 bits per heavy atom. The lowest BCUT2D eigenvalue weighted by atomic mass is 10.0. The second kappa shape index (κ2) is 10.2. The summed E-state index contributed by atoms with van der Waals surface area (Å²) in [6, 6.07) is 14.8. The Morgan fingerprint density at radius 1 is 1.10 bits per heavy atom. The Bertz CT molecular complexity index is 1110. The number of unbranched alkanes of at least 4 members (excludes halogenated alkanes) is 1. The van der Waals surface area contributed by atoms with Crippen LogP contribution in [0.1, 0.15) is 26.2 Å². The Kier molecular flexibility index (Phi) is 7.15. The van der Waals surface area contributed by atoms with Crippen molar-refractivity contribution in [1.29, 1.82) is 0 Å². The van der Waals surface area contributed by atoms with E-state index in [2.05, 4.69) is 32.7 Å². The molecule has 0 saturated heterocycles. The number of fused-ring (bicyclic) bond motifs is 1. The third-order valence-electron chi connectivity index (χ3n) is 4.51. The van der Waals surface area contributed by atoms with Gasteiger partial charge in [-0.05, 0) is 44.5 Å². The van der Waals surface area contributed by atoms with Gasteiger partial charge in [0.1, 0.15) is 0 Å². The molecule has 6 nitrogen and oxygen atoms in total. The highest BCUT2D eigenvalue weighted by atomic mass is 16.1. The fourth-order valence-electron chi connectivity index (χ4n) is 3.08.